The van der Waals surface area contributed by atoms with E-state index in [1.54, 1.807) is 13.8 Å². The summed E-state index contributed by atoms with van der Waals surface area (Å²) in [7, 11) is -3.67. The molecule has 0 radical (unpaired) electrons. The molecule has 1 amide bonds. The van der Waals surface area contributed by atoms with Gasteiger partial charge in [-0.2, -0.15) is 4.31 Å². The minimum atomic E-state index is -3.67. The number of hydrogen-bond acceptors (Lipinski definition) is 4. The summed E-state index contributed by atoms with van der Waals surface area (Å²) in [6, 6.07) is 12.1. The number of rotatable bonds is 6. The van der Waals surface area contributed by atoms with Crippen molar-refractivity contribution >= 4 is 15.9 Å². The van der Waals surface area contributed by atoms with E-state index in [4.69, 9.17) is 4.74 Å². The molecule has 0 unspecified atom stereocenters. The van der Waals surface area contributed by atoms with Crippen LogP contribution in [0.3, 0.4) is 0 Å². The molecule has 0 atom stereocenters. The van der Waals surface area contributed by atoms with Gasteiger partial charge in [0.05, 0.1) is 4.90 Å². The smallest absolute Gasteiger partial charge is 0.263 e. The van der Waals surface area contributed by atoms with E-state index in [2.05, 4.69) is 5.32 Å². The molecule has 0 bridgehead atoms. The van der Waals surface area contributed by atoms with Crippen molar-refractivity contribution in [2.75, 3.05) is 13.1 Å². The fraction of sp³-hybridized carbons (Fsp3) is 0.409. The van der Waals surface area contributed by atoms with Gasteiger partial charge in [0.15, 0.2) is 5.60 Å². The number of sulfonamides is 1. The number of carbonyl (C=O) groups is 1. The second-order valence-corrected chi connectivity index (χ2v) is 9.97. The second-order valence-electron chi connectivity index (χ2n) is 8.03. The van der Waals surface area contributed by atoms with Crippen molar-refractivity contribution in [3.05, 3.63) is 59.9 Å². The molecule has 3 rings (SSSR count). The first kappa shape index (κ1) is 22.2. The number of aryl methyl sites for hydroxylation is 1. The Bertz CT molecular complexity index is 981. The average molecular weight is 435 g/mol. The van der Waals surface area contributed by atoms with Gasteiger partial charge in [-0.1, -0.05) is 17.7 Å². The van der Waals surface area contributed by atoms with Gasteiger partial charge in [-0.3, -0.25) is 4.79 Å². The highest BCUT2D eigenvalue weighted by Crippen LogP contribution is 2.23. The quantitative estimate of drug-likeness (QED) is 0.757. The van der Waals surface area contributed by atoms with E-state index >= 15 is 0 Å². The van der Waals surface area contributed by atoms with Gasteiger partial charge in [-0.05, 0) is 70.0 Å². The van der Waals surface area contributed by atoms with Gasteiger partial charge in [-0.15, -0.1) is 0 Å². The second kappa shape index (κ2) is 8.73. The van der Waals surface area contributed by atoms with Crippen LogP contribution in [-0.2, 0) is 14.8 Å². The molecule has 1 saturated heterocycles. The SMILES string of the molecule is Cc1ccc(OC(C)(C)C(=O)NC2CCN(S(=O)(=O)c3ccc(F)cc3)CC2)cc1. The molecule has 1 heterocycles. The van der Waals surface area contributed by atoms with Gasteiger partial charge in [0.1, 0.15) is 11.6 Å². The Morgan fingerprint density at radius 3 is 2.20 bits per heavy atom. The minimum absolute atomic E-state index is 0.0685. The van der Waals surface area contributed by atoms with E-state index < -0.39 is 21.4 Å². The molecule has 1 aliphatic heterocycles. The molecular weight excluding hydrogens is 407 g/mol. The predicted molar refractivity (Wildman–Crippen MR) is 112 cm³/mol. The molecule has 0 aliphatic carbocycles. The number of piperidine rings is 1. The summed E-state index contributed by atoms with van der Waals surface area (Å²) in [5.74, 6) is -0.116. The van der Waals surface area contributed by atoms with Gasteiger partial charge in [-0.25, -0.2) is 12.8 Å². The monoisotopic (exact) mass is 434 g/mol. The molecular formula is C22H27FN2O4S. The van der Waals surface area contributed by atoms with Crippen LogP contribution in [0.5, 0.6) is 5.75 Å². The molecule has 1 fully saturated rings. The lowest BCUT2D eigenvalue weighted by molar-refractivity contribution is -0.135. The first-order chi connectivity index (χ1) is 14.1. The topological polar surface area (TPSA) is 75.7 Å². The van der Waals surface area contributed by atoms with Crippen LogP contribution in [0.4, 0.5) is 4.39 Å². The predicted octanol–water partition coefficient (Wildman–Crippen LogP) is 3.26. The standard InChI is InChI=1S/C22H27FN2O4S/c1-16-4-8-19(9-5-16)29-22(2,3)21(26)24-18-12-14-25(15-13-18)30(27,28)20-10-6-17(23)7-11-20/h4-11,18H,12-15H2,1-3H3,(H,24,26). The van der Waals surface area contributed by atoms with Gasteiger partial charge < -0.3 is 10.1 Å². The summed E-state index contributed by atoms with van der Waals surface area (Å²) in [6.45, 7) is 5.95. The Morgan fingerprint density at radius 1 is 1.07 bits per heavy atom. The van der Waals surface area contributed by atoms with E-state index in [1.165, 1.54) is 16.4 Å². The van der Waals surface area contributed by atoms with Crippen molar-refractivity contribution in [3.8, 4) is 5.75 Å². The summed E-state index contributed by atoms with van der Waals surface area (Å²) >= 11 is 0. The molecule has 8 heteroatoms. The number of amides is 1. The highest BCUT2D eigenvalue weighted by atomic mass is 32.2. The van der Waals surface area contributed by atoms with E-state index in [0.717, 1.165) is 17.7 Å². The molecule has 0 saturated carbocycles. The van der Waals surface area contributed by atoms with Gasteiger partial charge in [0, 0.05) is 19.1 Å². The van der Waals surface area contributed by atoms with Crippen molar-refractivity contribution in [2.45, 2.75) is 50.2 Å². The minimum Gasteiger partial charge on any atom is -0.478 e. The Balaban J connectivity index is 1.56. The largest absolute Gasteiger partial charge is 0.478 e. The number of carbonyl (C=O) groups excluding carboxylic acids is 1. The van der Waals surface area contributed by atoms with Crippen molar-refractivity contribution in [3.63, 3.8) is 0 Å². The van der Waals surface area contributed by atoms with Crippen LogP contribution in [0.2, 0.25) is 0 Å². The van der Waals surface area contributed by atoms with Gasteiger partial charge in [0.2, 0.25) is 10.0 Å². The highest BCUT2D eigenvalue weighted by Gasteiger charge is 2.34. The van der Waals surface area contributed by atoms with E-state index in [0.29, 0.717) is 18.6 Å². The van der Waals surface area contributed by atoms with Crippen LogP contribution in [-0.4, -0.2) is 43.4 Å². The molecule has 30 heavy (non-hydrogen) atoms. The fourth-order valence-corrected chi connectivity index (χ4v) is 4.77. The average Bonchev–Trinajstić information content (AvgIpc) is 2.70. The number of hydrogen-bond donors (Lipinski definition) is 1. The third-order valence-electron chi connectivity index (χ3n) is 5.18. The molecule has 2 aromatic carbocycles. The molecule has 6 nitrogen and oxygen atoms in total. The summed E-state index contributed by atoms with van der Waals surface area (Å²) in [5, 5.41) is 2.97. The van der Waals surface area contributed by atoms with Gasteiger partial charge >= 0.3 is 0 Å². The number of ether oxygens (including phenoxy) is 1. The third kappa shape index (κ3) is 5.17. The number of benzene rings is 2. The summed E-state index contributed by atoms with van der Waals surface area (Å²) in [6.07, 6.45) is 0.986. The maximum absolute atomic E-state index is 13.1. The Morgan fingerprint density at radius 2 is 1.63 bits per heavy atom. The molecule has 162 valence electrons. The number of nitrogens with zero attached hydrogens (tertiary/aromatic N) is 1. The summed E-state index contributed by atoms with van der Waals surface area (Å²) in [5.41, 5.74) is 0.0407. The Kier molecular flexibility index (Phi) is 6.47. The maximum atomic E-state index is 13.1. The third-order valence-corrected chi connectivity index (χ3v) is 7.09. The zero-order valence-electron chi connectivity index (χ0n) is 17.4. The first-order valence-electron chi connectivity index (χ1n) is 9.90. The maximum Gasteiger partial charge on any atom is 0.263 e. The van der Waals surface area contributed by atoms with Crippen molar-refractivity contribution in [1.29, 1.82) is 0 Å². The fourth-order valence-electron chi connectivity index (χ4n) is 3.30. The van der Waals surface area contributed by atoms with Crippen LogP contribution in [0.1, 0.15) is 32.3 Å². The first-order valence-corrected chi connectivity index (χ1v) is 11.3. The lowest BCUT2D eigenvalue weighted by Gasteiger charge is -2.34. The molecule has 2 aromatic rings. The Labute approximate surface area is 177 Å². The molecule has 0 spiro atoms. The lowest BCUT2D eigenvalue weighted by atomic mass is 10.0. The lowest BCUT2D eigenvalue weighted by Crippen LogP contribution is -2.53. The van der Waals surface area contributed by atoms with Crippen LogP contribution in [0.25, 0.3) is 0 Å². The van der Waals surface area contributed by atoms with Crippen LogP contribution < -0.4 is 10.1 Å². The summed E-state index contributed by atoms with van der Waals surface area (Å²) < 4.78 is 45.7. The summed E-state index contributed by atoms with van der Waals surface area (Å²) in [4.78, 5) is 12.8. The molecule has 1 aliphatic rings. The van der Waals surface area contributed by atoms with Crippen molar-refractivity contribution in [1.82, 2.24) is 9.62 Å². The zero-order valence-corrected chi connectivity index (χ0v) is 18.2. The van der Waals surface area contributed by atoms with Crippen molar-refractivity contribution < 1.29 is 22.3 Å². The van der Waals surface area contributed by atoms with Crippen LogP contribution >= 0.6 is 0 Å². The van der Waals surface area contributed by atoms with Crippen molar-refractivity contribution in [2.24, 2.45) is 0 Å². The number of halogens is 1. The van der Waals surface area contributed by atoms with Gasteiger partial charge in [0.25, 0.3) is 5.91 Å². The zero-order chi connectivity index (χ0) is 21.9. The van der Waals surface area contributed by atoms with Crippen LogP contribution in [0.15, 0.2) is 53.4 Å². The normalized spacial score (nSPS) is 16.3. The molecule has 0 aromatic heterocycles. The number of nitrogens with one attached hydrogen (secondary N) is 1. The van der Waals surface area contributed by atoms with E-state index in [9.17, 15) is 17.6 Å². The highest BCUT2D eigenvalue weighted by molar-refractivity contribution is 7.89. The van der Waals surface area contributed by atoms with E-state index in [1.807, 2.05) is 31.2 Å². The van der Waals surface area contributed by atoms with Crippen LogP contribution in [0, 0.1) is 12.7 Å². The Hall–Kier alpha value is -2.45. The van der Waals surface area contributed by atoms with E-state index in [-0.39, 0.29) is 29.9 Å². The molecule has 1 N–H and O–H groups in total.